The molecule has 4 N–H and O–H groups in total. The number of aromatic nitrogens is 2. The summed E-state index contributed by atoms with van der Waals surface area (Å²) in [7, 11) is 0. The first kappa shape index (κ1) is 24.8. The van der Waals surface area contributed by atoms with Gasteiger partial charge < -0.3 is 25.2 Å². The fraction of sp³-hybridized carbons (Fsp3) is 0.150. The molecular formula is C20H17F3N4O6. The van der Waals surface area contributed by atoms with Crippen molar-refractivity contribution in [1.82, 2.24) is 20.8 Å². The van der Waals surface area contributed by atoms with E-state index in [9.17, 15) is 27.6 Å². The molecule has 0 saturated carbocycles. The van der Waals surface area contributed by atoms with E-state index in [2.05, 4.69) is 20.8 Å². The Morgan fingerprint density at radius 2 is 1.64 bits per heavy atom. The van der Waals surface area contributed by atoms with Crippen LogP contribution < -0.4 is 16.1 Å². The van der Waals surface area contributed by atoms with Crippen LogP contribution in [-0.2, 0) is 4.79 Å². The van der Waals surface area contributed by atoms with Gasteiger partial charge in [0, 0.05) is 43.2 Å². The van der Waals surface area contributed by atoms with Gasteiger partial charge in [0.15, 0.2) is 16.9 Å². The monoisotopic (exact) mass is 466 g/mol. The number of nitrogens with one attached hydrogen (secondary N) is 3. The van der Waals surface area contributed by atoms with Crippen molar-refractivity contribution in [3.05, 3.63) is 76.3 Å². The highest BCUT2D eigenvalue weighted by atomic mass is 19.4. The number of halogens is 3. The lowest BCUT2D eigenvalue weighted by molar-refractivity contribution is -0.192. The Kier molecular flexibility index (Phi) is 8.49. The Labute approximate surface area is 183 Å². The van der Waals surface area contributed by atoms with Gasteiger partial charge >= 0.3 is 12.1 Å². The van der Waals surface area contributed by atoms with E-state index >= 15 is 0 Å². The Bertz CT molecular complexity index is 1160. The van der Waals surface area contributed by atoms with Crippen molar-refractivity contribution in [3.8, 4) is 11.3 Å². The molecule has 0 aliphatic carbocycles. The van der Waals surface area contributed by atoms with E-state index in [1.807, 2.05) is 30.3 Å². The van der Waals surface area contributed by atoms with E-state index < -0.39 is 24.0 Å². The van der Waals surface area contributed by atoms with Crippen LogP contribution in [0.5, 0.6) is 0 Å². The third-order valence-corrected chi connectivity index (χ3v) is 3.81. The van der Waals surface area contributed by atoms with Gasteiger partial charge in [-0.2, -0.15) is 13.2 Å². The van der Waals surface area contributed by atoms with E-state index in [0.717, 1.165) is 5.56 Å². The molecular weight excluding hydrogens is 449 g/mol. The minimum absolute atomic E-state index is 0.0165. The lowest BCUT2D eigenvalue weighted by Gasteiger charge is -2.05. The van der Waals surface area contributed by atoms with E-state index in [1.165, 1.54) is 18.5 Å². The normalized spacial score (nSPS) is 10.5. The smallest absolute Gasteiger partial charge is 0.475 e. The van der Waals surface area contributed by atoms with Crippen molar-refractivity contribution in [3.63, 3.8) is 0 Å². The van der Waals surface area contributed by atoms with Crippen molar-refractivity contribution >= 4 is 17.8 Å². The highest BCUT2D eigenvalue weighted by Crippen LogP contribution is 2.19. The van der Waals surface area contributed by atoms with Crippen molar-refractivity contribution < 1.29 is 37.2 Å². The van der Waals surface area contributed by atoms with Gasteiger partial charge in [0.05, 0.1) is 0 Å². The Hall–Kier alpha value is -4.42. The number of amides is 2. The largest absolute Gasteiger partial charge is 0.490 e. The predicted octanol–water partition coefficient (Wildman–Crippen LogP) is 1.82. The third-order valence-electron chi connectivity index (χ3n) is 3.81. The Morgan fingerprint density at radius 1 is 1.03 bits per heavy atom. The highest BCUT2D eigenvalue weighted by molar-refractivity contribution is 5.94. The van der Waals surface area contributed by atoms with E-state index in [-0.39, 0.29) is 29.8 Å². The number of hydrogen-bond acceptors (Lipinski definition) is 6. The molecule has 1 aromatic carbocycles. The van der Waals surface area contributed by atoms with Gasteiger partial charge in [0.2, 0.25) is 0 Å². The highest BCUT2D eigenvalue weighted by Gasteiger charge is 2.38. The average molecular weight is 466 g/mol. The van der Waals surface area contributed by atoms with Gasteiger partial charge in [-0.05, 0) is 0 Å². The fourth-order valence-corrected chi connectivity index (χ4v) is 2.25. The maximum Gasteiger partial charge on any atom is 0.490 e. The van der Waals surface area contributed by atoms with E-state index in [4.69, 9.17) is 14.4 Å². The molecule has 3 aromatic rings. The van der Waals surface area contributed by atoms with Gasteiger partial charge in [-0.25, -0.2) is 4.79 Å². The van der Waals surface area contributed by atoms with E-state index in [0.29, 0.717) is 5.76 Å². The minimum atomic E-state index is -5.08. The van der Waals surface area contributed by atoms with Crippen LogP contribution in [0.3, 0.4) is 0 Å². The second-order valence-electron chi connectivity index (χ2n) is 6.18. The van der Waals surface area contributed by atoms with Gasteiger partial charge in [-0.1, -0.05) is 35.5 Å². The molecule has 2 heterocycles. The van der Waals surface area contributed by atoms with Gasteiger partial charge in [0.1, 0.15) is 5.56 Å². The molecule has 2 aromatic heterocycles. The molecule has 33 heavy (non-hydrogen) atoms. The molecule has 0 fully saturated rings. The Balaban J connectivity index is 0.000000479. The summed E-state index contributed by atoms with van der Waals surface area (Å²) in [5.41, 5.74) is 0.609. The fourth-order valence-electron chi connectivity index (χ4n) is 2.25. The summed E-state index contributed by atoms with van der Waals surface area (Å²) in [5.74, 6) is -3.18. The zero-order chi connectivity index (χ0) is 24.4. The lowest BCUT2D eigenvalue weighted by atomic mass is 10.1. The van der Waals surface area contributed by atoms with Crippen LogP contribution in [0.1, 0.15) is 20.8 Å². The Morgan fingerprint density at radius 3 is 2.21 bits per heavy atom. The van der Waals surface area contributed by atoms with Crippen LogP contribution in [0, 0.1) is 0 Å². The number of carbonyl (C=O) groups excluding carboxylic acids is 2. The van der Waals surface area contributed by atoms with Crippen LogP contribution in [-0.4, -0.2) is 52.3 Å². The SMILES string of the molecule is O=C(NCCNC(=O)c1c[nH]ccc1=O)c1cc(-c2ccccc2)on1.O=C(O)C(F)(F)F. The summed E-state index contributed by atoms with van der Waals surface area (Å²) in [6.07, 6.45) is -2.31. The molecule has 0 aliphatic heterocycles. The van der Waals surface area contributed by atoms with Gasteiger partial charge in [-0.3, -0.25) is 14.4 Å². The summed E-state index contributed by atoms with van der Waals surface area (Å²) in [4.78, 5) is 47.0. The molecule has 174 valence electrons. The van der Waals surface area contributed by atoms with Crippen LogP contribution in [0.25, 0.3) is 11.3 Å². The summed E-state index contributed by atoms with van der Waals surface area (Å²) in [6.45, 7) is 0.352. The molecule has 2 amide bonds. The van der Waals surface area contributed by atoms with Gasteiger partial charge in [0.25, 0.3) is 11.8 Å². The summed E-state index contributed by atoms with van der Waals surface area (Å²) < 4.78 is 36.9. The molecule has 0 atom stereocenters. The number of carboxylic acids is 1. The number of carbonyl (C=O) groups is 3. The van der Waals surface area contributed by atoms with Crippen molar-refractivity contribution in [2.24, 2.45) is 0 Å². The second-order valence-corrected chi connectivity index (χ2v) is 6.18. The number of benzene rings is 1. The standard InChI is InChI=1S/C18H16N4O4.C2HF3O2/c23-15-6-7-19-11-13(15)17(24)20-8-9-21-18(25)14-10-16(26-22-14)12-4-2-1-3-5-12;3-2(4,5)1(6)7/h1-7,10-11H,8-9H2,(H,19,23)(H,20,24)(H,21,25);(H,6,7). The molecule has 3 rings (SSSR count). The molecule has 0 spiro atoms. The van der Waals surface area contributed by atoms with Gasteiger partial charge in [-0.15, -0.1) is 0 Å². The number of carboxylic acid groups (broad SMARTS) is 1. The third kappa shape index (κ3) is 7.65. The number of pyridine rings is 1. The summed E-state index contributed by atoms with van der Waals surface area (Å²) in [6, 6.07) is 12.1. The number of aromatic amines is 1. The molecule has 0 bridgehead atoms. The maximum absolute atomic E-state index is 12.1. The van der Waals surface area contributed by atoms with Crippen molar-refractivity contribution in [1.29, 1.82) is 0 Å². The molecule has 10 nitrogen and oxygen atoms in total. The first-order chi connectivity index (χ1) is 15.6. The van der Waals surface area contributed by atoms with Crippen LogP contribution in [0.2, 0.25) is 0 Å². The number of H-pyrrole nitrogens is 1. The van der Waals surface area contributed by atoms with Crippen LogP contribution >= 0.6 is 0 Å². The maximum atomic E-state index is 12.1. The number of rotatable bonds is 6. The number of hydrogen-bond donors (Lipinski definition) is 4. The first-order valence-electron chi connectivity index (χ1n) is 9.15. The molecule has 0 saturated heterocycles. The number of aliphatic carboxylic acids is 1. The van der Waals surface area contributed by atoms with Crippen molar-refractivity contribution in [2.45, 2.75) is 6.18 Å². The zero-order valence-corrected chi connectivity index (χ0v) is 16.7. The van der Waals surface area contributed by atoms with E-state index in [1.54, 1.807) is 6.07 Å². The lowest BCUT2D eigenvalue weighted by Crippen LogP contribution is -2.36. The predicted molar refractivity (Wildman–Crippen MR) is 107 cm³/mol. The molecule has 0 aliphatic rings. The first-order valence-corrected chi connectivity index (χ1v) is 9.15. The average Bonchev–Trinajstić information content (AvgIpc) is 3.28. The molecule has 0 radical (unpaired) electrons. The zero-order valence-electron chi connectivity index (χ0n) is 16.7. The van der Waals surface area contributed by atoms with Crippen LogP contribution in [0.15, 0.2) is 64.2 Å². The van der Waals surface area contributed by atoms with Crippen molar-refractivity contribution in [2.75, 3.05) is 13.1 Å². The number of nitrogens with zero attached hydrogens (tertiary/aromatic N) is 1. The minimum Gasteiger partial charge on any atom is -0.475 e. The molecule has 0 unspecified atom stereocenters. The summed E-state index contributed by atoms with van der Waals surface area (Å²) in [5, 5.41) is 16.1. The second kappa shape index (κ2) is 11.3. The topological polar surface area (TPSA) is 154 Å². The number of alkyl halides is 3. The molecule has 13 heteroatoms. The van der Waals surface area contributed by atoms with Crippen LogP contribution in [0.4, 0.5) is 13.2 Å². The quantitative estimate of drug-likeness (QED) is 0.404. The summed E-state index contributed by atoms with van der Waals surface area (Å²) >= 11 is 0.